The van der Waals surface area contributed by atoms with E-state index >= 15 is 0 Å². The molecule has 0 aliphatic heterocycles. The van der Waals surface area contributed by atoms with Crippen LogP contribution in [0.4, 0.5) is 10.3 Å². The van der Waals surface area contributed by atoms with Crippen molar-refractivity contribution in [3.05, 3.63) is 77.6 Å². The second-order valence-corrected chi connectivity index (χ2v) is 6.85. The predicted molar refractivity (Wildman–Crippen MR) is 112 cm³/mol. The fraction of sp³-hybridized carbons (Fsp3) is 0.227. The molecule has 29 heavy (non-hydrogen) atoms. The highest BCUT2D eigenvalue weighted by Crippen LogP contribution is 2.26. The van der Waals surface area contributed by atoms with E-state index < -0.39 is 0 Å². The van der Waals surface area contributed by atoms with Gasteiger partial charge in [-0.3, -0.25) is 0 Å². The molecule has 4 rings (SSSR count). The van der Waals surface area contributed by atoms with Crippen LogP contribution in [0.25, 0.3) is 16.9 Å². The Balaban J connectivity index is 1.67. The predicted octanol–water partition coefficient (Wildman–Crippen LogP) is 3.96. The van der Waals surface area contributed by atoms with Gasteiger partial charge in [0.05, 0.1) is 23.6 Å². The van der Waals surface area contributed by atoms with Gasteiger partial charge in [0.1, 0.15) is 11.5 Å². The molecule has 2 N–H and O–H groups in total. The van der Waals surface area contributed by atoms with Crippen molar-refractivity contribution in [2.75, 3.05) is 11.9 Å². The second-order valence-electron chi connectivity index (χ2n) is 6.85. The molecule has 0 aliphatic carbocycles. The van der Waals surface area contributed by atoms with Gasteiger partial charge in [-0.15, -0.1) is 0 Å². The monoisotopic (exact) mass is 390 g/mol. The highest BCUT2D eigenvalue weighted by Gasteiger charge is 2.15. The highest BCUT2D eigenvalue weighted by atomic mass is 19.1. The van der Waals surface area contributed by atoms with Gasteiger partial charge in [-0.1, -0.05) is 13.0 Å². The Morgan fingerprint density at radius 1 is 1.00 bits per heavy atom. The van der Waals surface area contributed by atoms with Crippen molar-refractivity contribution < 1.29 is 4.39 Å². The van der Waals surface area contributed by atoms with E-state index in [9.17, 15) is 4.39 Å². The lowest BCUT2D eigenvalue weighted by Gasteiger charge is -2.09. The third-order valence-electron chi connectivity index (χ3n) is 4.67. The van der Waals surface area contributed by atoms with Crippen molar-refractivity contribution >= 4 is 11.6 Å². The standard InChI is InChI=1S/C22H23FN6/c1-3-24-12-18-10-11-25-22(27-18)26-13-19-21(16-5-7-17(23)8-6-16)28-20-9-4-15(2)14-29(19)20/h4-11,14,24H,3,12-13H2,1-2H3,(H,25,26,27). The molecule has 0 amide bonds. The Kier molecular flexibility index (Phi) is 5.48. The Morgan fingerprint density at radius 2 is 1.83 bits per heavy atom. The molecule has 3 heterocycles. The van der Waals surface area contributed by atoms with Crippen molar-refractivity contribution in [1.82, 2.24) is 24.7 Å². The third-order valence-corrected chi connectivity index (χ3v) is 4.67. The normalized spacial score (nSPS) is 11.1. The van der Waals surface area contributed by atoms with Gasteiger partial charge in [0.25, 0.3) is 0 Å². The highest BCUT2D eigenvalue weighted by molar-refractivity contribution is 5.67. The molecule has 0 radical (unpaired) electrons. The number of hydrogen-bond donors (Lipinski definition) is 2. The molecule has 0 saturated carbocycles. The lowest BCUT2D eigenvalue weighted by molar-refractivity contribution is 0.628. The summed E-state index contributed by atoms with van der Waals surface area (Å²) in [6.45, 7) is 6.17. The van der Waals surface area contributed by atoms with E-state index in [-0.39, 0.29) is 5.82 Å². The lowest BCUT2D eigenvalue weighted by Crippen LogP contribution is -2.14. The molecule has 0 bridgehead atoms. The Hall–Kier alpha value is -3.32. The van der Waals surface area contributed by atoms with Crippen molar-refractivity contribution in [3.8, 4) is 11.3 Å². The number of nitrogens with zero attached hydrogens (tertiary/aromatic N) is 4. The molecule has 0 fully saturated rings. The number of hydrogen-bond acceptors (Lipinski definition) is 5. The summed E-state index contributed by atoms with van der Waals surface area (Å²) in [6, 6.07) is 12.3. The topological polar surface area (TPSA) is 67.1 Å². The Labute approximate surface area is 168 Å². The van der Waals surface area contributed by atoms with Crippen LogP contribution in [0.2, 0.25) is 0 Å². The maximum atomic E-state index is 13.4. The zero-order valence-corrected chi connectivity index (χ0v) is 16.5. The van der Waals surface area contributed by atoms with E-state index in [4.69, 9.17) is 4.98 Å². The van der Waals surface area contributed by atoms with Crippen molar-refractivity contribution in [2.24, 2.45) is 0 Å². The van der Waals surface area contributed by atoms with E-state index in [1.54, 1.807) is 18.3 Å². The van der Waals surface area contributed by atoms with E-state index in [0.29, 0.717) is 19.0 Å². The van der Waals surface area contributed by atoms with Gasteiger partial charge in [0.2, 0.25) is 5.95 Å². The molecule has 148 valence electrons. The van der Waals surface area contributed by atoms with Crippen LogP contribution in [0.15, 0.2) is 54.9 Å². The summed E-state index contributed by atoms with van der Waals surface area (Å²) in [5.74, 6) is 0.298. The molecule has 0 aliphatic rings. The molecule has 1 aromatic carbocycles. The number of halogens is 1. The molecular weight excluding hydrogens is 367 g/mol. The zero-order chi connectivity index (χ0) is 20.2. The number of rotatable bonds is 7. The first kappa shape index (κ1) is 19.0. The molecule has 0 saturated heterocycles. The number of benzene rings is 1. The maximum absolute atomic E-state index is 13.4. The van der Waals surface area contributed by atoms with Crippen molar-refractivity contribution in [3.63, 3.8) is 0 Å². The van der Waals surface area contributed by atoms with E-state index in [2.05, 4.69) is 38.1 Å². The first-order valence-corrected chi connectivity index (χ1v) is 9.64. The Morgan fingerprint density at radius 3 is 2.62 bits per heavy atom. The smallest absolute Gasteiger partial charge is 0.223 e. The van der Waals surface area contributed by atoms with Crippen LogP contribution in [-0.4, -0.2) is 25.9 Å². The number of anilines is 1. The quantitative estimate of drug-likeness (QED) is 0.500. The number of aromatic nitrogens is 4. The number of nitrogens with one attached hydrogen (secondary N) is 2. The fourth-order valence-electron chi connectivity index (χ4n) is 3.20. The summed E-state index contributed by atoms with van der Waals surface area (Å²) in [5, 5.41) is 6.58. The number of imidazole rings is 1. The van der Waals surface area contributed by atoms with Gasteiger partial charge in [0, 0.05) is 24.5 Å². The number of fused-ring (bicyclic) bond motifs is 1. The van der Waals surface area contributed by atoms with Crippen LogP contribution in [-0.2, 0) is 13.1 Å². The van der Waals surface area contributed by atoms with Crippen molar-refractivity contribution in [2.45, 2.75) is 26.9 Å². The summed E-state index contributed by atoms with van der Waals surface area (Å²) in [5.41, 5.74) is 5.55. The summed E-state index contributed by atoms with van der Waals surface area (Å²) in [4.78, 5) is 13.7. The van der Waals surface area contributed by atoms with Gasteiger partial charge in [-0.25, -0.2) is 19.3 Å². The first-order valence-electron chi connectivity index (χ1n) is 9.64. The van der Waals surface area contributed by atoms with Crippen LogP contribution in [0.5, 0.6) is 0 Å². The molecule has 0 spiro atoms. The van der Waals surface area contributed by atoms with Gasteiger partial charge in [-0.2, -0.15) is 0 Å². The maximum Gasteiger partial charge on any atom is 0.223 e. The minimum absolute atomic E-state index is 0.265. The van der Waals surface area contributed by atoms with Gasteiger partial charge in [0.15, 0.2) is 0 Å². The van der Waals surface area contributed by atoms with E-state index in [1.807, 2.05) is 25.1 Å². The van der Waals surface area contributed by atoms with Crippen LogP contribution >= 0.6 is 0 Å². The number of pyridine rings is 1. The SMILES string of the molecule is CCNCc1ccnc(NCc2c(-c3ccc(F)cc3)nc3ccc(C)cn23)n1. The number of aryl methyl sites for hydroxylation is 1. The summed E-state index contributed by atoms with van der Waals surface area (Å²) >= 11 is 0. The van der Waals surface area contributed by atoms with Crippen molar-refractivity contribution in [1.29, 1.82) is 0 Å². The lowest BCUT2D eigenvalue weighted by atomic mass is 10.1. The molecule has 3 aromatic heterocycles. The molecule has 4 aromatic rings. The second kappa shape index (κ2) is 8.36. The minimum Gasteiger partial charge on any atom is -0.349 e. The fourth-order valence-corrected chi connectivity index (χ4v) is 3.20. The van der Waals surface area contributed by atoms with E-state index in [0.717, 1.165) is 40.4 Å². The van der Waals surface area contributed by atoms with E-state index in [1.165, 1.54) is 12.1 Å². The van der Waals surface area contributed by atoms with Gasteiger partial charge in [-0.05, 0) is 55.4 Å². The van der Waals surface area contributed by atoms with Crippen LogP contribution in [0.1, 0.15) is 23.9 Å². The van der Waals surface area contributed by atoms with Crippen LogP contribution in [0, 0.1) is 12.7 Å². The molecule has 0 unspecified atom stereocenters. The summed E-state index contributed by atoms with van der Waals surface area (Å²) < 4.78 is 15.5. The average molecular weight is 390 g/mol. The summed E-state index contributed by atoms with van der Waals surface area (Å²) in [6.07, 6.45) is 3.80. The average Bonchev–Trinajstić information content (AvgIpc) is 3.09. The minimum atomic E-state index is -0.265. The molecule has 6 nitrogen and oxygen atoms in total. The van der Waals surface area contributed by atoms with Crippen LogP contribution in [0.3, 0.4) is 0 Å². The van der Waals surface area contributed by atoms with Crippen LogP contribution < -0.4 is 10.6 Å². The summed E-state index contributed by atoms with van der Waals surface area (Å²) in [7, 11) is 0. The zero-order valence-electron chi connectivity index (χ0n) is 16.5. The third kappa shape index (κ3) is 4.25. The first-order chi connectivity index (χ1) is 14.1. The molecular formula is C22H23FN6. The Bertz CT molecular complexity index is 1120. The van der Waals surface area contributed by atoms with Gasteiger partial charge < -0.3 is 15.0 Å². The molecule has 7 heteroatoms. The van der Waals surface area contributed by atoms with Gasteiger partial charge >= 0.3 is 0 Å². The molecule has 0 atom stereocenters. The largest absolute Gasteiger partial charge is 0.349 e.